The van der Waals surface area contributed by atoms with Crippen LogP contribution < -0.4 is 0 Å². The second kappa shape index (κ2) is 5.32. The third-order valence-electron chi connectivity index (χ3n) is 2.56. The lowest BCUT2D eigenvalue weighted by Crippen LogP contribution is -1.93. The predicted octanol–water partition coefficient (Wildman–Crippen LogP) is 5.08. The summed E-state index contributed by atoms with van der Waals surface area (Å²) < 4.78 is 1.12. The van der Waals surface area contributed by atoms with Crippen LogP contribution in [0.5, 0.6) is 0 Å². The summed E-state index contributed by atoms with van der Waals surface area (Å²) in [5.74, 6) is 0.703. The van der Waals surface area contributed by atoms with Gasteiger partial charge in [0.05, 0.1) is 14.5 Å². The van der Waals surface area contributed by atoms with Gasteiger partial charge in [-0.1, -0.05) is 38.1 Å². The Balaban J connectivity index is 2.26. The van der Waals surface area contributed by atoms with E-state index in [-0.39, 0.29) is 0 Å². The van der Waals surface area contributed by atoms with Gasteiger partial charge in [0.1, 0.15) is 0 Å². The number of hydrogen-bond donors (Lipinski definition) is 0. The minimum absolute atomic E-state index is 0.703. The van der Waals surface area contributed by atoms with E-state index in [0.29, 0.717) is 5.92 Å². The lowest BCUT2D eigenvalue weighted by atomic mass is 10.0. The van der Waals surface area contributed by atoms with Gasteiger partial charge in [-0.2, -0.15) is 0 Å². The molecule has 0 saturated carbocycles. The van der Waals surface area contributed by atoms with E-state index in [1.807, 2.05) is 6.92 Å². The van der Waals surface area contributed by atoms with Crippen LogP contribution >= 0.6 is 27.3 Å². The molecule has 0 spiro atoms. The molecule has 0 aliphatic heterocycles. The highest BCUT2D eigenvalue weighted by atomic mass is 79.9. The molecule has 0 fully saturated rings. The number of hydrogen-bond acceptors (Lipinski definition) is 2. The standard InChI is InChI=1S/C14H16BrNS/c1-9(2)8-11-4-6-12(7-5-11)13-14(15)17-10(3)16-13/h4-7,9H,8H2,1-3H3. The molecule has 1 nitrogen and oxygen atoms in total. The Labute approximate surface area is 115 Å². The van der Waals surface area contributed by atoms with Gasteiger partial charge >= 0.3 is 0 Å². The normalized spacial score (nSPS) is 11.1. The first-order valence-corrected chi connectivity index (χ1v) is 7.39. The van der Waals surface area contributed by atoms with E-state index in [1.165, 1.54) is 11.1 Å². The minimum Gasteiger partial charge on any atom is -0.240 e. The van der Waals surface area contributed by atoms with Gasteiger partial charge in [0.15, 0.2) is 0 Å². The van der Waals surface area contributed by atoms with E-state index < -0.39 is 0 Å². The maximum atomic E-state index is 4.54. The molecule has 1 aromatic heterocycles. The van der Waals surface area contributed by atoms with Crippen molar-refractivity contribution in [1.82, 2.24) is 4.98 Å². The van der Waals surface area contributed by atoms with Crippen molar-refractivity contribution in [3.63, 3.8) is 0 Å². The molecule has 0 amide bonds. The highest BCUT2D eigenvalue weighted by Crippen LogP contribution is 2.32. The zero-order valence-electron chi connectivity index (χ0n) is 10.3. The van der Waals surface area contributed by atoms with Crippen LogP contribution in [0.15, 0.2) is 28.1 Å². The monoisotopic (exact) mass is 309 g/mol. The Bertz CT molecular complexity index is 499. The molecular formula is C14H16BrNS. The molecular weight excluding hydrogens is 294 g/mol. The van der Waals surface area contributed by atoms with E-state index >= 15 is 0 Å². The molecule has 90 valence electrons. The topological polar surface area (TPSA) is 12.9 Å². The summed E-state index contributed by atoms with van der Waals surface area (Å²) in [6, 6.07) is 8.74. The van der Waals surface area contributed by atoms with Crippen LogP contribution in [0.25, 0.3) is 11.3 Å². The van der Waals surface area contributed by atoms with Gasteiger partial charge in [-0.3, -0.25) is 0 Å². The first kappa shape index (κ1) is 12.8. The molecule has 0 aliphatic carbocycles. The van der Waals surface area contributed by atoms with Crippen molar-refractivity contribution >= 4 is 27.3 Å². The Morgan fingerprint density at radius 3 is 2.35 bits per heavy atom. The van der Waals surface area contributed by atoms with Crippen molar-refractivity contribution in [3.8, 4) is 11.3 Å². The van der Waals surface area contributed by atoms with Gasteiger partial charge < -0.3 is 0 Å². The second-order valence-corrected chi connectivity index (χ2v) is 7.17. The van der Waals surface area contributed by atoms with E-state index in [9.17, 15) is 0 Å². The van der Waals surface area contributed by atoms with Crippen molar-refractivity contribution in [2.75, 3.05) is 0 Å². The number of benzene rings is 1. The maximum Gasteiger partial charge on any atom is 0.0979 e. The molecule has 1 heterocycles. The van der Waals surface area contributed by atoms with E-state index in [1.54, 1.807) is 11.3 Å². The first-order chi connectivity index (χ1) is 8.06. The van der Waals surface area contributed by atoms with Crippen molar-refractivity contribution < 1.29 is 0 Å². The molecule has 2 aromatic rings. The van der Waals surface area contributed by atoms with Crippen LogP contribution in [0, 0.1) is 12.8 Å². The van der Waals surface area contributed by atoms with Crippen LogP contribution in [0.4, 0.5) is 0 Å². The molecule has 0 bridgehead atoms. The number of aromatic nitrogens is 1. The highest BCUT2D eigenvalue weighted by molar-refractivity contribution is 9.11. The zero-order chi connectivity index (χ0) is 12.4. The summed E-state index contributed by atoms with van der Waals surface area (Å²) in [6.07, 6.45) is 1.14. The van der Waals surface area contributed by atoms with E-state index in [2.05, 4.69) is 59.0 Å². The molecule has 3 heteroatoms. The summed E-state index contributed by atoms with van der Waals surface area (Å²) in [5.41, 5.74) is 3.64. The lowest BCUT2D eigenvalue weighted by molar-refractivity contribution is 0.647. The van der Waals surface area contributed by atoms with Gasteiger partial charge in [-0.15, -0.1) is 11.3 Å². The summed E-state index contributed by atoms with van der Waals surface area (Å²) in [5, 5.41) is 1.10. The van der Waals surface area contributed by atoms with Gasteiger partial charge in [-0.05, 0) is 40.8 Å². The Morgan fingerprint density at radius 1 is 1.24 bits per heavy atom. The molecule has 0 aliphatic rings. The van der Waals surface area contributed by atoms with E-state index in [4.69, 9.17) is 0 Å². The molecule has 0 N–H and O–H groups in total. The van der Waals surface area contributed by atoms with Gasteiger partial charge in [0, 0.05) is 5.56 Å². The molecule has 0 atom stereocenters. The Hall–Kier alpha value is -0.670. The predicted molar refractivity (Wildman–Crippen MR) is 78.5 cm³/mol. The fraction of sp³-hybridized carbons (Fsp3) is 0.357. The highest BCUT2D eigenvalue weighted by Gasteiger charge is 2.08. The van der Waals surface area contributed by atoms with Crippen molar-refractivity contribution in [1.29, 1.82) is 0 Å². The summed E-state index contributed by atoms with van der Waals surface area (Å²) in [4.78, 5) is 4.54. The van der Waals surface area contributed by atoms with Crippen LogP contribution in [0.2, 0.25) is 0 Å². The van der Waals surface area contributed by atoms with Crippen LogP contribution in [0.1, 0.15) is 24.4 Å². The summed E-state index contributed by atoms with van der Waals surface area (Å²) >= 11 is 5.25. The molecule has 1 aromatic carbocycles. The number of aryl methyl sites for hydroxylation is 1. The molecule has 2 rings (SSSR count). The summed E-state index contributed by atoms with van der Waals surface area (Å²) in [7, 11) is 0. The first-order valence-electron chi connectivity index (χ1n) is 5.78. The second-order valence-electron chi connectivity index (χ2n) is 4.65. The van der Waals surface area contributed by atoms with Gasteiger partial charge in [-0.25, -0.2) is 4.98 Å². The van der Waals surface area contributed by atoms with Gasteiger partial charge in [0.25, 0.3) is 0 Å². The summed E-state index contributed by atoms with van der Waals surface area (Å²) in [6.45, 7) is 6.52. The zero-order valence-corrected chi connectivity index (χ0v) is 12.7. The molecule has 0 unspecified atom stereocenters. The Morgan fingerprint density at radius 2 is 1.88 bits per heavy atom. The van der Waals surface area contributed by atoms with E-state index in [0.717, 1.165) is 20.9 Å². The smallest absolute Gasteiger partial charge is 0.0979 e. The number of nitrogens with zero attached hydrogens (tertiary/aromatic N) is 1. The van der Waals surface area contributed by atoms with Crippen molar-refractivity contribution in [2.24, 2.45) is 5.92 Å². The van der Waals surface area contributed by atoms with Crippen molar-refractivity contribution in [3.05, 3.63) is 38.6 Å². The Kier molecular flexibility index (Phi) is 4.00. The quantitative estimate of drug-likeness (QED) is 0.770. The van der Waals surface area contributed by atoms with Crippen LogP contribution in [-0.2, 0) is 6.42 Å². The SMILES string of the molecule is Cc1nc(-c2ccc(CC(C)C)cc2)c(Br)s1. The lowest BCUT2D eigenvalue weighted by Gasteiger charge is -2.05. The maximum absolute atomic E-state index is 4.54. The van der Waals surface area contributed by atoms with Crippen LogP contribution in [0.3, 0.4) is 0 Å². The molecule has 17 heavy (non-hydrogen) atoms. The van der Waals surface area contributed by atoms with Gasteiger partial charge in [0.2, 0.25) is 0 Å². The third kappa shape index (κ3) is 3.17. The molecule has 0 radical (unpaired) electrons. The fourth-order valence-electron chi connectivity index (χ4n) is 1.85. The average Bonchev–Trinajstić information content (AvgIpc) is 2.58. The number of thiazole rings is 1. The number of rotatable bonds is 3. The molecule has 0 saturated heterocycles. The third-order valence-corrected chi connectivity index (χ3v) is 4.18. The minimum atomic E-state index is 0.703. The number of halogens is 1. The fourth-order valence-corrected chi connectivity index (χ4v) is 3.53. The van der Waals surface area contributed by atoms with Crippen molar-refractivity contribution in [2.45, 2.75) is 27.2 Å². The largest absolute Gasteiger partial charge is 0.240 e. The van der Waals surface area contributed by atoms with Crippen LogP contribution in [-0.4, -0.2) is 4.98 Å². The average molecular weight is 310 g/mol.